The smallest absolute Gasteiger partial charge is 0.142 e. The molecule has 2 nitrogen and oxygen atoms in total. The number of rotatable bonds is 5. The molecule has 0 bridgehead atoms. The van der Waals surface area contributed by atoms with Gasteiger partial charge in [0.2, 0.25) is 0 Å². The number of ether oxygens (including phenoxy) is 1. The second-order valence-corrected chi connectivity index (χ2v) is 6.23. The Morgan fingerprint density at radius 2 is 1.62 bits per heavy atom. The van der Waals surface area contributed by atoms with Crippen molar-refractivity contribution in [2.24, 2.45) is 0 Å². The zero-order chi connectivity index (χ0) is 15.3. The van der Waals surface area contributed by atoms with Crippen LogP contribution in [0.4, 0.5) is 5.69 Å². The van der Waals surface area contributed by atoms with Gasteiger partial charge < -0.3 is 10.1 Å². The maximum atomic E-state index is 5.63. The van der Waals surface area contributed by atoms with Gasteiger partial charge in [-0.2, -0.15) is 0 Å². The predicted octanol–water partition coefficient (Wildman–Crippen LogP) is 4.99. The van der Waals surface area contributed by atoms with E-state index in [-0.39, 0.29) is 5.41 Å². The standard InChI is InChI=1S/C19H25NO/c1-5-21-18-9-7-6-8-17(18)20-14-15-10-12-16(13-11-15)19(2,3)4/h6-13,20H,5,14H2,1-4H3. The predicted molar refractivity (Wildman–Crippen MR) is 90.1 cm³/mol. The summed E-state index contributed by atoms with van der Waals surface area (Å²) in [5.74, 6) is 0.909. The van der Waals surface area contributed by atoms with Crippen molar-refractivity contribution in [2.45, 2.75) is 39.7 Å². The summed E-state index contributed by atoms with van der Waals surface area (Å²) in [7, 11) is 0. The Morgan fingerprint density at radius 3 is 2.24 bits per heavy atom. The first-order chi connectivity index (χ1) is 10.0. The first-order valence-corrected chi connectivity index (χ1v) is 7.56. The number of benzene rings is 2. The molecule has 0 aliphatic heterocycles. The van der Waals surface area contributed by atoms with E-state index >= 15 is 0 Å². The summed E-state index contributed by atoms with van der Waals surface area (Å²) in [5, 5.41) is 3.45. The van der Waals surface area contributed by atoms with Gasteiger partial charge in [-0.1, -0.05) is 57.2 Å². The molecule has 2 rings (SSSR count). The molecule has 0 unspecified atom stereocenters. The van der Waals surface area contributed by atoms with E-state index in [0.717, 1.165) is 18.0 Å². The van der Waals surface area contributed by atoms with Crippen molar-refractivity contribution in [2.75, 3.05) is 11.9 Å². The van der Waals surface area contributed by atoms with Crippen LogP contribution in [0.15, 0.2) is 48.5 Å². The molecule has 0 aliphatic carbocycles. The van der Waals surface area contributed by atoms with Gasteiger partial charge in [-0.05, 0) is 35.6 Å². The molecule has 2 heteroatoms. The van der Waals surface area contributed by atoms with Gasteiger partial charge in [0.25, 0.3) is 0 Å². The van der Waals surface area contributed by atoms with Gasteiger partial charge in [0.05, 0.1) is 12.3 Å². The van der Waals surface area contributed by atoms with Crippen LogP contribution in [0.5, 0.6) is 5.75 Å². The minimum Gasteiger partial charge on any atom is -0.492 e. The third-order valence-corrected chi connectivity index (χ3v) is 3.49. The summed E-state index contributed by atoms with van der Waals surface area (Å²) in [6.07, 6.45) is 0. The molecule has 1 N–H and O–H groups in total. The molecule has 2 aromatic rings. The number of para-hydroxylation sites is 2. The molecule has 0 radical (unpaired) electrons. The number of hydrogen-bond donors (Lipinski definition) is 1. The Bertz CT molecular complexity index is 567. The van der Waals surface area contributed by atoms with E-state index in [1.807, 2.05) is 25.1 Å². The van der Waals surface area contributed by atoms with Gasteiger partial charge in [0.1, 0.15) is 5.75 Å². The second-order valence-electron chi connectivity index (χ2n) is 6.23. The van der Waals surface area contributed by atoms with Gasteiger partial charge >= 0.3 is 0 Å². The Kier molecular flexibility index (Phi) is 4.89. The summed E-state index contributed by atoms with van der Waals surface area (Å²) in [6.45, 7) is 10.2. The normalized spacial score (nSPS) is 11.2. The fourth-order valence-electron chi connectivity index (χ4n) is 2.21. The third kappa shape index (κ3) is 4.25. The summed E-state index contributed by atoms with van der Waals surface area (Å²) in [6, 6.07) is 16.9. The minimum atomic E-state index is 0.202. The van der Waals surface area contributed by atoms with Crippen LogP contribution in [0.2, 0.25) is 0 Å². The summed E-state index contributed by atoms with van der Waals surface area (Å²) < 4.78 is 5.63. The Labute approximate surface area is 128 Å². The van der Waals surface area contributed by atoms with Crippen molar-refractivity contribution >= 4 is 5.69 Å². The number of hydrogen-bond acceptors (Lipinski definition) is 2. The second kappa shape index (κ2) is 6.66. The molecule has 0 atom stereocenters. The highest BCUT2D eigenvalue weighted by Gasteiger charge is 2.12. The van der Waals surface area contributed by atoms with Crippen LogP contribution < -0.4 is 10.1 Å². The molecule has 0 saturated heterocycles. The quantitative estimate of drug-likeness (QED) is 0.834. The van der Waals surface area contributed by atoms with Crippen LogP contribution in [-0.2, 0) is 12.0 Å². The lowest BCUT2D eigenvalue weighted by atomic mass is 9.87. The molecular weight excluding hydrogens is 258 g/mol. The zero-order valence-corrected chi connectivity index (χ0v) is 13.4. The average Bonchev–Trinajstić information content (AvgIpc) is 2.46. The van der Waals surface area contributed by atoms with E-state index in [9.17, 15) is 0 Å². The summed E-state index contributed by atoms with van der Waals surface area (Å²) >= 11 is 0. The first-order valence-electron chi connectivity index (χ1n) is 7.56. The highest BCUT2D eigenvalue weighted by molar-refractivity contribution is 5.56. The number of anilines is 1. The SMILES string of the molecule is CCOc1ccccc1NCc1ccc(C(C)(C)C)cc1. The van der Waals surface area contributed by atoms with Crippen molar-refractivity contribution in [1.29, 1.82) is 0 Å². The molecule has 0 fully saturated rings. The van der Waals surface area contributed by atoms with Crippen LogP contribution in [0.3, 0.4) is 0 Å². The lowest BCUT2D eigenvalue weighted by Crippen LogP contribution is -2.11. The lowest BCUT2D eigenvalue weighted by Gasteiger charge is -2.19. The lowest BCUT2D eigenvalue weighted by molar-refractivity contribution is 0.341. The molecule has 2 aromatic carbocycles. The average molecular weight is 283 g/mol. The topological polar surface area (TPSA) is 21.3 Å². The maximum Gasteiger partial charge on any atom is 0.142 e. The maximum absolute atomic E-state index is 5.63. The van der Waals surface area contributed by atoms with Crippen LogP contribution in [-0.4, -0.2) is 6.61 Å². The van der Waals surface area contributed by atoms with Crippen molar-refractivity contribution < 1.29 is 4.74 Å². The van der Waals surface area contributed by atoms with Crippen molar-refractivity contribution in [3.05, 3.63) is 59.7 Å². The van der Waals surface area contributed by atoms with E-state index < -0.39 is 0 Å². The molecule has 0 amide bonds. The molecule has 0 aromatic heterocycles. The van der Waals surface area contributed by atoms with Crippen molar-refractivity contribution in [3.63, 3.8) is 0 Å². The van der Waals surface area contributed by atoms with Crippen molar-refractivity contribution in [1.82, 2.24) is 0 Å². The van der Waals surface area contributed by atoms with Crippen LogP contribution >= 0.6 is 0 Å². The van der Waals surface area contributed by atoms with Crippen LogP contribution in [0.25, 0.3) is 0 Å². The highest BCUT2D eigenvalue weighted by Crippen LogP contribution is 2.25. The zero-order valence-electron chi connectivity index (χ0n) is 13.4. The van der Waals surface area contributed by atoms with Gasteiger partial charge in [-0.3, -0.25) is 0 Å². The van der Waals surface area contributed by atoms with Gasteiger partial charge in [0, 0.05) is 6.54 Å². The third-order valence-electron chi connectivity index (χ3n) is 3.49. The minimum absolute atomic E-state index is 0.202. The highest BCUT2D eigenvalue weighted by atomic mass is 16.5. The molecule has 112 valence electrons. The monoisotopic (exact) mass is 283 g/mol. The fourth-order valence-corrected chi connectivity index (χ4v) is 2.21. The summed E-state index contributed by atoms with van der Waals surface area (Å²) in [4.78, 5) is 0. The summed E-state index contributed by atoms with van der Waals surface area (Å²) in [5.41, 5.74) is 3.88. The Hall–Kier alpha value is -1.96. The van der Waals surface area contributed by atoms with E-state index in [1.165, 1.54) is 11.1 Å². The van der Waals surface area contributed by atoms with E-state index in [4.69, 9.17) is 4.74 Å². The molecule has 0 spiro atoms. The van der Waals surface area contributed by atoms with Gasteiger partial charge in [0.15, 0.2) is 0 Å². The van der Waals surface area contributed by atoms with Gasteiger partial charge in [-0.25, -0.2) is 0 Å². The molecule has 21 heavy (non-hydrogen) atoms. The van der Waals surface area contributed by atoms with E-state index in [2.05, 4.69) is 56.4 Å². The Morgan fingerprint density at radius 1 is 0.952 bits per heavy atom. The van der Waals surface area contributed by atoms with Crippen molar-refractivity contribution in [3.8, 4) is 5.75 Å². The first kappa shape index (κ1) is 15.4. The molecular formula is C19H25NO. The molecule has 0 aliphatic rings. The van der Waals surface area contributed by atoms with E-state index in [1.54, 1.807) is 0 Å². The molecule has 0 heterocycles. The van der Waals surface area contributed by atoms with Crippen LogP contribution in [0, 0.1) is 0 Å². The van der Waals surface area contributed by atoms with E-state index in [0.29, 0.717) is 6.61 Å². The molecule has 0 saturated carbocycles. The number of nitrogens with one attached hydrogen (secondary N) is 1. The van der Waals surface area contributed by atoms with Gasteiger partial charge in [-0.15, -0.1) is 0 Å². The largest absolute Gasteiger partial charge is 0.492 e. The fraction of sp³-hybridized carbons (Fsp3) is 0.368. The van der Waals surface area contributed by atoms with Crippen LogP contribution in [0.1, 0.15) is 38.8 Å². The Balaban J connectivity index is 2.03.